The number of likely N-dealkylation sites (tertiary alicyclic amines) is 1. The third-order valence-corrected chi connectivity index (χ3v) is 8.37. The summed E-state index contributed by atoms with van der Waals surface area (Å²) in [6.45, 7) is 7.44. The van der Waals surface area contributed by atoms with Crippen molar-refractivity contribution in [1.29, 1.82) is 0 Å². The number of carbonyl (C=O) groups is 1. The highest BCUT2D eigenvalue weighted by Crippen LogP contribution is 2.39. The normalized spacial score (nSPS) is 15.8. The zero-order valence-electron chi connectivity index (χ0n) is 26.6. The van der Waals surface area contributed by atoms with E-state index in [1.807, 2.05) is 27.8 Å². The fraction of sp³-hybridized carbons (Fsp3) is 0.394. The number of rotatable bonds is 10. The van der Waals surface area contributed by atoms with Gasteiger partial charge in [-0.25, -0.2) is 19.4 Å². The van der Waals surface area contributed by atoms with Crippen LogP contribution in [-0.4, -0.2) is 83.4 Å². The van der Waals surface area contributed by atoms with Crippen molar-refractivity contribution in [3.05, 3.63) is 70.6 Å². The molecule has 3 aromatic rings. The first-order chi connectivity index (χ1) is 21.5. The van der Waals surface area contributed by atoms with E-state index in [1.165, 1.54) is 31.6 Å². The molecule has 12 heteroatoms. The smallest absolute Gasteiger partial charge is 0.201 e. The number of aromatic hydroxyl groups is 1. The summed E-state index contributed by atoms with van der Waals surface area (Å²) in [5.74, 6) is -1.61. The van der Waals surface area contributed by atoms with Gasteiger partial charge in [-0.3, -0.25) is 4.79 Å². The second-order valence-corrected chi connectivity index (χ2v) is 11.2. The van der Waals surface area contributed by atoms with Gasteiger partial charge in [0.05, 0.1) is 30.0 Å². The molecule has 2 heterocycles. The van der Waals surface area contributed by atoms with Crippen molar-refractivity contribution in [3.63, 3.8) is 0 Å². The number of piperidine rings is 1. The summed E-state index contributed by atoms with van der Waals surface area (Å²) in [5, 5.41) is 13.7. The average molecular weight is 622 g/mol. The quantitative estimate of drug-likeness (QED) is 0.149. The number of hydrogen-bond acceptors (Lipinski definition) is 9. The van der Waals surface area contributed by atoms with Crippen LogP contribution in [0.15, 0.2) is 47.2 Å². The van der Waals surface area contributed by atoms with Gasteiger partial charge in [0.1, 0.15) is 29.5 Å². The number of hydrogen-bond donors (Lipinski definition) is 3. The van der Waals surface area contributed by atoms with Crippen LogP contribution >= 0.6 is 0 Å². The number of aromatic nitrogens is 2. The topological polar surface area (TPSA) is 129 Å². The number of nitrogens with one attached hydrogen (secondary N) is 1. The third-order valence-electron chi connectivity index (χ3n) is 8.37. The molecule has 0 amide bonds. The number of nitrogens with two attached hydrogens (primary N) is 1. The third kappa shape index (κ3) is 7.06. The minimum atomic E-state index is -1.11. The molecular formula is C33H41F2N7O3. The van der Waals surface area contributed by atoms with Gasteiger partial charge in [0.2, 0.25) is 5.82 Å². The number of likely N-dealkylation sites (N-methyl/N-ethyl adjacent to an activating group) is 1. The fourth-order valence-corrected chi connectivity index (χ4v) is 5.60. The van der Waals surface area contributed by atoms with Crippen molar-refractivity contribution in [2.45, 2.75) is 52.1 Å². The van der Waals surface area contributed by atoms with E-state index in [0.29, 0.717) is 41.2 Å². The molecule has 240 valence electrons. The molecule has 1 atom stereocenters. The Morgan fingerprint density at radius 3 is 2.60 bits per heavy atom. The molecule has 1 unspecified atom stereocenters. The Hall–Kier alpha value is -4.58. The van der Waals surface area contributed by atoms with Crippen molar-refractivity contribution in [2.24, 2.45) is 4.99 Å². The molecule has 0 spiro atoms. The number of nitrogen functional groups attached to an aromatic ring is 1. The molecule has 4 N–H and O–H groups in total. The van der Waals surface area contributed by atoms with Crippen molar-refractivity contribution in [1.82, 2.24) is 19.8 Å². The van der Waals surface area contributed by atoms with Crippen molar-refractivity contribution < 1.29 is 23.4 Å². The summed E-state index contributed by atoms with van der Waals surface area (Å²) < 4.78 is 35.5. The Balaban J connectivity index is 1.84. The molecule has 0 bridgehead atoms. The van der Waals surface area contributed by atoms with E-state index in [0.717, 1.165) is 31.5 Å². The lowest BCUT2D eigenvalue weighted by molar-refractivity contribution is 0.112. The number of aliphatic imine (C=N–C) groups is 1. The summed E-state index contributed by atoms with van der Waals surface area (Å²) in [5.41, 5.74) is 8.25. The number of phenols is 1. The minimum Gasteiger partial charge on any atom is -0.507 e. The lowest BCUT2D eigenvalue weighted by Gasteiger charge is -2.38. The van der Waals surface area contributed by atoms with Gasteiger partial charge in [-0.15, -0.1) is 0 Å². The molecule has 0 radical (unpaired) electrons. The van der Waals surface area contributed by atoms with Crippen LogP contribution in [0.1, 0.15) is 61.5 Å². The van der Waals surface area contributed by atoms with Gasteiger partial charge < -0.3 is 30.7 Å². The van der Waals surface area contributed by atoms with Gasteiger partial charge in [0.25, 0.3) is 0 Å². The number of phenolic OH excluding ortho intramolecular Hbond substituents is 1. The van der Waals surface area contributed by atoms with Gasteiger partial charge in [0.15, 0.2) is 17.9 Å². The summed E-state index contributed by atoms with van der Waals surface area (Å²) in [6, 6.07) is 7.19. The largest absolute Gasteiger partial charge is 0.507 e. The zero-order chi connectivity index (χ0) is 32.8. The van der Waals surface area contributed by atoms with Gasteiger partial charge in [0, 0.05) is 18.7 Å². The number of ether oxygens (including phenoxy) is 1. The summed E-state index contributed by atoms with van der Waals surface area (Å²) in [7, 11) is 5.31. The van der Waals surface area contributed by atoms with Crippen LogP contribution in [0.25, 0.3) is 5.57 Å². The van der Waals surface area contributed by atoms with Crippen LogP contribution < -0.4 is 15.8 Å². The number of benzene rings is 2. The van der Waals surface area contributed by atoms with Crippen molar-refractivity contribution >= 4 is 35.0 Å². The number of anilines is 2. The standard InChI is InChI=1S/C33H41F2N7O3/c1-7-19(2)27(22-11-12-26(45-6)30(35)29(22)34)28-31(36)37-18-38-32(28)39-20(3)33(42(5)21-13-15-41(4)16-14-21)40-24-9-8-10-25(44)23(24)17-43/h8-12,17-18,20-21,44H,7,13-16H2,1-6H3,(H3,36,37,38,39)/b27-19+,40-33?. The zero-order valence-corrected chi connectivity index (χ0v) is 26.6. The van der Waals surface area contributed by atoms with Crippen LogP contribution in [0.5, 0.6) is 11.5 Å². The molecule has 0 aliphatic carbocycles. The molecule has 45 heavy (non-hydrogen) atoms. The average Bonchev–Trinajstić information content (AvgIpc) is 3.03. The van der Waals surface area contributed by atoms with Gasteiger partial charge in [-0.05, 0) is 83.1 Å². The van der Waals surface area contributed by atoms with Crippen LogP contribution in [-0.2, 0) is 0 Å². The molecule has 4 rings (SSSR count). The van der Waals surface area contributed by atoms with E-state index in [-0.39, 0.29) is 34.5 Å². The number of nitrogens with zero attached hydrogens (tertiary/aromatic N) is 5. The van der Waals surface area contributed by atoms with Crippen molar-refractivity contribution in [2.75, 3.05) is 45.3 Å². The molecule has 1 aliphatic rings. The highest BCUT2D eigenvalue weighted by molar-refractivity contribution is 5.97. The molecule has 1 aromatic heterocycles. The van der Waals surface area contributed by atoms with Gasteiger partial charge in [-0.1, -0.05) is 18.6 Å². The van der Waals surface area contributed by atoms with E-state index in [2.05, 4.69) is 32.1 Å². The highest BCUT2D eigenvalue weighted by atomic mass is 19.2. The second-order valence-electron chi connectivity index (χ2n) is 11.2. The van der Waals surface area contributed by atoms with Crippen LogP contribution in [0.2, 0.25) is 0 Å². The molecule has 1 aliphatic heterocycles. The van der Waals surface area contributed by atoms with Crippen LogP contribution in [0.4, 0.5) is 26.1 Å². The van der Waals surface area contributed by atoms with E-state index in [4.69, 9.17) is 15.5 Å². The Morgan fingerprint density at radius 2 is 1.96 bits per heavy atom. The number of amidine groups is 1. The van der Waals surface area contributed by atoms with E-state index in [9.17, 15) is 14.3 Å². The molecule has 1 saturated heterocycles. The molecule has 0 saturated carbocycles. The maximum Gasteiger partial charge on any atom is 0.201 e. The van der Waals surface area contributed by atoms with E-state index >= 15 is 4.39 Å². The monoisotopic (exact) mass is 621 g/mol. The SMILES string of the molecule is CC/C(C)=C(\c1ccc(OC)c(F)c1F)c1c(N)ncnc1NC(C)C(=Nc1cccc(O)c1C=O)N(C)C1CCN(C)CC1. The molecule has 2 aromatic carbocycles. The second kappa shape index (κ2) is 14.5. The lowest BCUT2D eigenvalue weighted by Crippen LogP contribution is -2.49. The first-order valence-corrected chi connectivity index (χ1v) is 14.9. The number of halogens is 2. The Kier molecular flexibility index (Phi) is 10.7. The molecule has 1 fully saturated rings. The predicted octanol–water partition coefficient (Wildman–Crippen LogP) is 5.65. The first kappa shape index (κ1) is 33.3. The lowest BCUT2D eigenvalue weighted by atomic mass is 9.92. The summed E-state index contributed by atoms with van der Waals surface area (Å²) in [4.78, 5) is 29.8. The van der Waals surface area contributed by atoms with Crippen LogP contribution in [0.3, 0.4) is 0 Å². The molecular weight excluding hydrogens is 580 g/mol. The fourth-order valence-electron chi connectivity index (χ4n) is 5.60. The number of aldehydes is 1. The van der Waals surface area contributed by atoms with Gasteiger partial charge >= 0.3 is 0 Å². The molecule has 10 nitrogen and oxygen atoms in total. The Morgan fingerprint density at radius 1 is 1.24 bits per heavy atom. The van der Waals surface area contributed by atoms with Crippen LogP contribution in [0, 0.1) is 11.6 Å². The first-order valence-electron chi connectivity index (χ1n) is 14.9. The maximum atomic E-state index is 15.6. The Bertz CT molecular complexity index is 1600. The number of carbonyl (C=O) groups excluding carboxylic acids is 1. The minimum absolute atomic E-state index is 0.00225. The summed E-state index contributed by atoms with van der Waals surface area (Å²) in [6.07, 6.45) is 4.19. The van der Waals surface area contributed by atoms with Gasteiger partial charge in [-0.2, -0.15) is 4.39 Å². The summed E-state index contributed by atoms with van der Waals surface area (Å²) >= 11 is 0. The number of methoxy groups -OCH3 is 1. The highest BCUT2D eigenvalue weighted by Gasteiger charge is 2.29. The Labute approximate surface area is 262 Å². The van der Waals surface area contributed by atoms with Crippen molar-refractivity contribution in [3.8, 4) is 11.5 Å². The predicted molar refractivity (Wildman–Crippen MR) is 173 cm³/mol. The van der Waals surface area contributed by atoms with E-state index in [1.54, 1.807) is 12.1 Å². The van der Waals surface area contributed by atoms with E-state index < -0.39 is 17.7 Å². The number of allylic oxidation sites excluding steroid dienone is 1. The maximum absolute atomic E-state index is 15.6.